The maximum atomic E-state index is 6.31. The molecule has 0 spiro atoms. The topological polar surface area (TPSA) is 67.5 Å². The molecule has 104 valence electrons. The van der Waals surface area contributed by atoms with Crippen LogP contribution in [0.2, 0.25) is 5.15 Å². The van der Waals surface area contributed by atoms with E-state index in [-0.39, 0.29) is 0 Å². The summed E-state index contributed by atoms with van der Waals surface area (Å²) in [5.41, 5.74) is 6.61. The summed E-state index contributed by atoms with van der Waals surface area (Å²) in [6.45, 7) is 3.62. The fourth-order valence-corrected chi connectivity index (χ4v) is 2.89. The molecule has 6 nitrogen and oxygen atoms in total. The maximum Gasteiger partial charge on any atom is 0.228 e. The van der Waals surface area contributed by atoms with Crippen LogP contribution in [0, 0.1) is 0 Å². The van der Waals surface area contributed by atoms with Gasteiger partial charge in [-0.15, -0.1) is 0 Å². The smallest absolute Gasteiger partial charge is 0.228 e. The Labute approximate surface area is 117 Å². The lowest BCUT2D eigenvalue weighted by atomic mass is 10.2. The van der Waals surface area contributed by atoms with Crippen LogP contribution in [0.15, 0.2) is 0 Å². The first-order valence-corrected chi connectivity index (χ1v) is 6.90. The summed E-state index contributed by atoms with van der Waals surface area (Å²) in [5, 5.41) is 0.554. The minimum Gasteiger partial charge on any atom is -0.377 e. The third-order valence-corrected chi connectivity index (χ3v) is 3.98. The van der Waals surface area contributed by atoms with Crippen molar-refractivity contribution >= 4 is 23.4 Å². The van der Waals surface area contributed by atoms with Crippen LogP contribution in [0.1, 0.15) is 5.56 Å². The van der Waals surface area contributed by atoms with Crippen molar-refractivity contribution in [2.24, 2.45) is 5.73 Å². The first-order chi connectivity index (χ1) is 9.20. The SMILES string of the molecule is CN(CCN)c1nc(Cl)c2c(n1)N1CCOCC1C2. The van der Waals surface area contributed by atoms with Crippen LogP contribution in [0.25, 0.3) is 0 Å². The van der Waals surface area contributed by atoms with Crippen molar-refractivity contribution in [2.75, 3.05) is 49.7 Å². The molecule has 0 bridgehead atoms. The predicted molar refractivity (Wildman–Crippen MR) is 75.0 cm³/mol. The van der Waals surface area contributed by atoms with Gasteiger partial charge in [-0.1, -0.05) is 11.6 Å². The number of halogens is 1. The Kier molecular flexibility index (Phi) is 3.47. The monoisotopic (exact) mass is 283 g/mol. The lowest BCUT2D eigenvalue weighted by molar-refractivity contribution is 0.0974. The Morgan fingerprint density at radius 2 is 2.37 bits per heavy atom. The van der Waals surface area contributed by atoms with Crippen LogP contribution >= 0.6 is 11.6 Å². The second-order valence-corrected chi connectivity index (χ2v) is 5.31. The molecule has 2 N–H and O–H groups in total. The molecule has 7 heteroatoms. The van der Waals surface area contributed by atoms with Gasteiger partial charge < -0.3 is 20.3 Å². The van der Waals surface area contributed by atoms with Crippen LogP contribution in [0.4, 0.5) is 11.8 Å². The zero-order valence-corrected chi connectivity index (χ0v) is 11.7. The Hall–Kier alpha value is -1.11. The number of hydrogen-bond acceptors (Lipinski definition) is 6. The van der Waals surface area contributed by atoms with E-state index in [1.807, 2.05) is 11.9 Å². The Morgan fingerprint density at radius 3 is 3.16 bits per heavy atom. The molecule has 0 radical (unpaired) electrons. The standard InChI is InChI=1S/C12H18ClN5O/c1-17(3-2-14)12-15-10(13)9-6-8-7-19-5-4-18(8)11(9)16-12/h8H,2-7,14H2,1H3. The fourth-order valence-electron chi connectivity index (χ4n) is 2.65. The fraction of sp³-hybridized carbons (Fsp3) is 0.667. The number of morpholine rings is 1. The van der Waals surface area contributed by atoms with Gasteiger partial charge in [0.25, 0.3) is 0 Å². The van der Waals surface area contributed by atoms with Crippen LogP contribution < -0.4 is 15.5 Å². The molecule has 19 heavy (non-hydrogen) atoms. The molecule has 1 saturated heterocycles. The van der Waals surface area contributed by atoms with Gasteiger partial charge in [0.2, 0.25) is 5.95 Å². The molecule has 3 rings (SSSR count). The Bertz CT molecular complexity index is 483. The summed E-state index contributed by atoms with van der Waals surface area (Å²) in [6, 6.07) is 0.352. The number of nitrogens with zero attached hydrogens (tertiary/aromatic N) is 4. The molecule has 1 unspecified atom stereocenters. The summed E-state index contributed by atoms with van der Waals surface area (Å²) in [6.07, 6.45) is 0.870. The maximum absolute atomic E-state index is 6.31. The first kappa shape index (κ1) is 12.9. The molecule has 1 aromatic heterocycles. The van der Waals surface area contributed by atoms with Gasteiger partial charge >= 0.3 is 0 Å². The summed E-state index contributed by atoms with van der Waals surface area (Å²) < 4.78 is 5.51. The van der Waals surface area contributed by atoms with Gasteiger partial charge in [-0.2, -0.15) is 4.98 Å². The summed E-state index contributed by atoms with van der Waals surface area (Å²) in [4.78, 5) is 13.3. The molecule has 0 aliphatic carbocycles. The third-order valence-electron chi connectivity index (χ3n) is 3.67. The average Bonchev–Trinajstić information content (AvgIpc) is 2.78. The van der Waals surface area contributed by atoms with Crippen molar-refractivity contribution in [3.63, 3.8) is 0 Å². The summed E-state index contributed by atoms with van der Waals surface area (Å²) >= 11 is 6.31. The molecule has 1 fully saturated rings. The van der Waals surface area contributed by atoms with Crippen LogP contribution in [-0.2, 0) is 11.2 Å². The van der Waals surface area contributed by atoms with Crippen molar-refractivity contribution in [1.29, 1.82) is 0 Å². The molecular formula is C12H18ClN5O. The molecular weight excluding hydrogens is 266 g/mol. The van der Waals surface area contributed by atoms with Crippen molar-refractivity contribution < 1.29 is 4.74 Å². The zero-order valence-electron chi connectivity index (χ0n) is 11.0. The van der Waals surface area contributed by atoms with E-state index >= 15 is 0 Å². The highest BCUT2D eigenvalue weighted by Gasteiger charge is 2.35. The molecule has 2 aliphatic rings. The first-order valence-electron chi connectivity index (χ1n) is 6.52. The largest absolute Gasteiger partial charge is 0.377 e. The van der Waals surface area contributed by atoms with Gasteiger partial charge in [-0.05, 0) is 0 Å². The summed E-state index contributed by atoms with van der Waals surface area (Å²) in [5.74, 6) is 1.61. The Morgan fingerprint density at radius 1 is 1.53 bits per heavy atom. The van der Waals surface area contributed by atoms with Gasteiger partial charge in [-0.25, -0.2) is 4.98 Å². The van der Waals surface area contributed by atoms with Gasteiger partial charge in [0, 0.05) is 38.7 Å². The number of ether oxygens (including phenoxy) is 1. The van der Waals surface area contributed by atoms with E-state index in [1.54, 1.807) is 0 Å². The highest BCUT2D eigenvalue weighted by molar-refractivity contribution is 6.30. The third kappa shape index (κ3) is 2.24. The minimum absolute atomic E-state index is 0.352. The molecule has 1 aromatic rings. The lowest BCUT2D eigenvalue weighted by Crippen LogP contribution is -2.43. The predicted octanol–water partition coefficient (Wildman–Crippen LogP) is 0.286. The zero-order chi connectivity index (χ0) is 13.4. The van der Waals surface area contributed by atoms with E-state index in [1.165, 1.54) is 0 Å². The number of likely N-dealkylation sites (N-methyl/N-ethyl adjacent to an activating group) is 1. The van der Waals surface area contributed by atoms with Gasteiger partial charge in [-0.3, -0.25) is 0 Å². The number of nitrogens with two attached hydrogens (primary N) is 1. The average molecular weight is 284 g/mol. The molecule has 0 amide bonds. The summed E-state index contributed by atoms with van der Waals surface area (Å²) in [7, 11) is 1.93. The lowest BCUT2D eigenvalue weighted by Gasteiger charge is -2.31. The Balaban J connectivity index is 1.95. The van der Waals surface area contributed by atoms with Crippen LogP contribution in [0.5, 0.6) is 0 Å². The van der Waals surface area contributed by atoms with Crippen molar-refractivity contribution in [2.45, 2.75) is 12.5 Å². The molecule has 0 saturated carbocycles. The van der Waals surface area contributed by atoms with E-state index in [9.17, 15) is 0 Å². The minimum atomic E-state index is 0.352. The van der Waals surface area contributed by atoms with E-state index in [4.69, 9.17) is 22.1 Å². The number of aromatic nitrogens is 2. The normalized spacial score (nSPS) is 21.2. The van der Waals surface area contributed by atoms with Crippen molar-refractivity contribution in [3.8, 4) is 0 Å². The van der Waals surface area contributed by atoms with E-state index < -0.39 is 0 Å². The molecule has 1 atom stereocenters. The van der Waals surface area contributed by atoms with Crippen LogP contribution in [-0.4, -0.2) is 55.9 Å². The number of rotatable bonds is 3. The molecule has 0 aromatic carbocycles. The van der Waals surface area contributed by atoms with E-state index in [0.29, 0.717) is 30.2 Å². The van der Waals surface area contributed by atoms with Gasteiger partial charge in [0.15, 0.2) is 0 Å². The van der Waals surface area contributed by atoms with E-state index in [0.717, 1.165) is 37.6 Å². The second-order valence-electron chi connectivity index (χ2n) is 4.95. The highest BCUT2D eigenvalue weighted by atomic mass is 35.5. The van der Waals surface area contributed by atoms with Crippen molar-refractivity contribution in [1.82, 2.24) is 9.97 Å². The van der Waals surface area contributed by atoms with Crippen LogP contribution in [0.3, 0.4) is 0 Å². The molecule has 3 heterocycles. The number of fused-ring (bicyclic) bond motifs is 3. The highest BCUT2D eigenvalue weighted by Crippen LogP contribution is 2.36. The number of hydrogen-bond donors (Lipinski definition) is 1. The van der Waals surface area contributed by atoms with E-state index in [2.05, 4.69) is 14.9 Å². The quantitative estimate of drug-likeness (QED) is 0.804. The second kappa shape index (κ2) is 5.11. The van der Waals surface area contributed by atoms with Crippen molar-refractivity contribution in [3.05, 3.63) is 10.7 Å². The molecule has 2 aliphatic heterocycles. The van der Waals surface area contributed by atoms with Gasteiger partial charge in [0.1, 0.15) is 11.0 Å². The number of anilines is 2. The van der Waals surface area contributed by atoms with Gasteiger partial charge in [0.05, 0.1) is 19.3 Å².